The van der Waals surface area contributed by atoms with Gasteiger partial charge in [0.1, 0.15) is 5.58 Å². The van der Waals surface area contributed by atoms with Gasteiger partial charge in [0.15, 0.2) is 5.43 Å². The lowest BCUT2D eigenvalue weighted by Gasteiger charge is -2.00. The third-order valence-electron chi connectivity index (χ3n) is 2.33. The first-order valence-corrected chi connectivity index (χ1v) is 6.00. The third kappa shape index (κ3) is 2.07. The summed E-state index contributed by atoms with van der Waals surface area (Å²) in [6.07, 6.45) is 3.32. The Morgan fingerprint density at radius 3 is 2.93 bits per heavy atom. The van der Waals surface area contributed by atoms with Crippen LogP contribution in [-0.4, -0.2) is 0 Å². The summed E-state index contributed by atoms with van der Waals surface area (Å²) in [5.74, 6) is 0. The van der Waals surface area contributed by atoms with E-state index in [0.29, 0.717) is 11.0 Å². The Hall–Kier alpha value is -0.840. The van der Waals surface area contributed by atoms with Gasteiger partial charge in [-0.15, -0.1) is 0 Å². The van der Waals surface area contributed by atoms with Crippen molar-refractivity contribution in [2.75, 3.05) is 0 Å². The number of aryl methyl sites for hydroxylation is 1. The van der Waals surface area contributed by atoms with E-state index < -0.39 is 0 Å². The van der Waals surface area contributed by atoms with Crippen LogP contribution in [0.4, 0.5) is 0 Å². The molecule has 1 aromatic carbocycles. The second-order valence-corrected chi connectivity index (χ2v) is 4.73. The largest absolute Gasteiger partial charge is 0.464 e. The number of hydrogen-bond acceptors (Lipinski definition) is 2. The highest BCUT2D eigenvalue weighted by molar-refractivity contribution is 14.1. The quantitative estimate of drug-likeness (QED) is 0.796. The molecule has 15 heavy (non-hydrogen) atoms. The lowest BCUT2D eigenvalue weighted by atomic mass is 10.1. The summed E-state index contributed by atoms with van der Waals surface area (Å²) >= 11 is 2.20. The molecule has 0 radical (unpaired) electrons. The summed E-state index contributed by atoms with van der Waals surface area (Å²) < 4.78 is 6.48. The predicted molar refractivity (Wildman–Crippen MR) is 69.2 cm³/mol. The topological polar surface area (TPSA) is 30.2 Å². The molecule has 0 atom stereocenters. The molecule has 2 aromatic rings. The van der Waals surface area contributed by atoms with Gasteiger partial charge in [-0.2, -0.15) is 0 Å². The van der Waals surface area contributed by atoms with Crippen molar-refractivity contribution in [1.82, 2.24) is 0 Å². The van der Waals surface area contributed by atoms with Crippen molar-refractivity contribution < 1.29 is 4.42 Å². The molecule has 0 aliphatic rings. The van der Waals surface area contributed by atoms with Gasteiger partial charge in [-0.05, 0) is 47.2 Å². The van der Waals surface area contributed by atoms with Crippen LogP contribution in [0.2, 0.25) is 0 Å². The zero-order chi connectivity index (χ0) is 10.8. The van der Waals surface area contributed by atoms with Gasteiger partial charge in [0, 0.05) is 9.13 Å². The molecule has 0 aliphatic heterocycles. The molecule has 0 saturated heterocycles. The Kier molecular flexibility index (Phi) is 3.09. The smallest absolute Gasteiger partial charge is 0.195 e. The van der Waals surface area contributed by atoms with Crippen LogP contribution in [-0.2, 0) is 6.42 Å². The van der Waals surface area contributed by atoms with Crippen molar-refractivity contribution in [2.45, 2.75) is 19.8 Å². The molecular weight excluding hydrogens is 303 g/mol. The molecular formula is C12H11IO2. The Morgan fingerprint density at radius 1 is 1.40 bits per heavy atom. The van der Waals surface area contributed by atoms with Gasteiger partial charge in [0.05, 0.1) is 11.6 Å². The van der Waals surface area contributed by atoms with E-state index in [0.717, 1.165) is 22.0 Å². The minimum atomic E-state index is 0.108. The lowest BCUT2D eigenvalue weighted by molar-refractivity contribution is 0.591. The maximum Gasteiger partial charge on any atom is 0.195 e. The van der Waals surface area contributed by atoms with Gasteiger partial charge in [-0.25, -0.2) is 0 Å². The van der Waals surface area contributed by atoms with Gasteiger partial charge in [0.2, 0.25) is 0 Å². The van der Waals surface area contributed by atoms with E-state index in [4.69, 9.17) is 4.42 Å². The van der Waals surface area contributed by atoms with Crippen LogP contribution in [0.3, 0.4) is 0 Å². The highest BCUT2D eigenvalue weighted by atomic mass is 127. The van der Waals surface area contributed by atoms with Crippen LogP contribution in [0.25, 0.3) is 11.0 Å². The monoisotopic (exact) mass is 314 g/mol. The summed E-state index contributed by atoms with van der Waals surface area (Å²) in [4.78, 5) is 12.0. The molecule has 0 aliphatic carbocycles. The molecule has 0 unspecified atom stereocenters. The molecule has 2 rings (SSSR count). The molecule has 1 heterocycles. The van der Waals surface area contributed by atoms with Crippen molar-refractivity contribution in [1.29, 1.82) is 0 Å². The average Bonchev–Trinajstić information content (AvgIpc) is 2.23. The molecule has 0 N–H and O–H groups in total. The fourth-order valence-corrected chi connectivity index (χ4v) is 2.08. The van der Waals surface area contributed by atoms with E-state index in [2.05, 4.69) is 29.5 Å². The van der Waals surface area contributed by atoms with Crippen molar-refractivity contribution in [3.8, 4) is 0 Å². The number of fused-ring (bicyclic) bond motifs is 1. The normalized spacial score (nSPS) is 10.8. The highest BCUT2D eigenvalue weighted by Crippen LogP contribution is 2.15. The van der Waals surface area contributed by atoms with E-state index in [-0.39, 0.29) is 5.43 Å². The maximum atomic E-state index is 12.0. The number of rotatable bonds is 2. The number of hydrogen-bond donors (Lipinski definition) is 0. The van der Waals surface area contributed by atoms with Crippen LogP contribution < -0.4 is 5.43 Å². The minimum Gasteiger partial charge on any atom is -0.464 e. The minimum absolute atomic E-state index is 0.108. The first-order valence-electron chi connectivity index (χ1n) is 4.92. The second kappa shape index (κ2) is 4.35. The molecule has 0 fully saturated rings. The highest BCUT2D eigenvalue weighted by Gasteiger charge is 2.06. The van der Waals surface area contributed by atoms with E-state index in [1.807, 2.05) is 18.2 Å². The fraction of sp³-hybridized carbons (Fsp3) is 0.250. The molecule has 0 spiro atoms. The zero-order valence-corrected chi connectivity index (χ0v) is 10.6. The van der Waals surface area contributed by atoms with Gasteiger partial charge in [0.25, 0.3) is 0 Å². The maximum absolute atomic E-state index is 12.0. The van der Waals surface area contributed by atoms with Crippen LogP contribution in [0.5, 0.6) is 0 Å². The third-order valence-corrected chi connectivity index (χ3v) is 3.00. The molecule has 3 heteroatoms. The molecule has 2 nitrogen and oxygen atoms in total. The number of benzene rings is 1. The van der Waals surface area contributed by atoms with Crippen molar-refractivity contribution in [3.05, 3.63) is 43.8 Å². The SMILES string of the molecule is CCCc1coc2ccc(I)cc2c1=O. The Labute approximate surface area is 101 Å². The fourth-order valence-electron chi connectivity index (χ4n) is 1.59. The molecule has 0 bridgehead atoms. The van der Waals surface area contributed by atoms with E-state index in [1.165, 1.54) is 0 Å². The molecule has 1 aromatic heterocycles. The van der Waals surface area contributed by atoms with Crippen LogP contribution >= 0.6 is 22.6 Å². The Morgan fingerprint density at radius 2 is 2.20 bits per heavy atom. The lowest BCUT2D eigenvalue weighted by Crippen LogP contribution is -2.08. The zero-order valence-electron chi connectivity index (χ0n) is 8.42. The van der Waals surface area contributed by atoms with Gasteiger partial charge in [-0.3, -0.25) is 4.79 Å². The van der Waals surface area contributed by atoms with Crippen LogP contribution in [0, 0.1) is 3.57 Å². The van der Waals surface area contributed by atoms with Gasteiger partial charge in [-0.1, -0.05) is 13.3 Å². The molecule has 0 saturated carbocycles. The standard InChI is InChI=1S/C12H11IO2/c1-2-3-8-7-15-11-5-4-9(13)6-10(11)12(8)14/h4-7H,2-3H2,1H3. The summed E-state index contributed by atoms with van der Waals surface area (Å²) in [7, 11) is 0. The van der Waals surface area contributed by atoms with Crippen molar-refractivity contribution >= 4 is 33.6 Å². The van der Waals surface area contributed by atoms with Crippen molar-refractivity contribution in [3.63, 3.8) is 0 Å². The van der Waals surface area contributed by atoms with E-state index in [1.54, 1.807) is 6.26 Å². The first kappa shape index (κ1) is 10.7. The summed E-state index contributed by atoms with van der Waals surface area (Å²) in [6.45, 7) is 2.05. The molecule has 0 amide bonds. The second-order valence-electron chi connectivity index (χ2n) is 3.48. The summed E-state index contributed by atoms with van der Waals surface area (Å²) in [6, 6.07) is 5.65. The average molecular weight is 314 g/mol. The summed E-state index contributed by atoms with van der Waals surface area (Å²) in [5.41, 5.74) is 1.55. The van der Waals surface area contributed by atoms with Gasteiger partial charge >= 0.3 is 0 Å². The molecule has 78 valence electrons. The Balaban J connectivity index is 2.71. The van der Waals surface area contributed by atoms with Crippen molar-refractivity contribution in [2.24, 2.45) is 0 Å². The van der Waals surface area contributed by atoms with Crippen LogP contribution in [0.1, 0.15) is 18.9 Å². The van der Waals surface area contributed by atoms with E-state index in [9.17, 15) is 4.79 Å². The van der Waals surface area contributed by atoms with E-state index >= 15 is 0 Å². The number of halogens is 1. The predicted octanol–water partition coefficient (Wildman–Crippen LogP) is 3.35. The summed E-state index contributed by atoms with van der Waals surface area (Å²) in [5, 5.41) is 0.688. The van der Waals surface area contributed by atoms with Crippen LogP contribution in [0.15, 0.2) is 33.7 Å². The Bertz CT molecular complexity index is 543. The first-order chi connectivity index (χ1) is 7.22. The van der Waals surface area contributed by atoms with Gasteiger partial charge < -0.3 is 4.42 Å².